The predicted molar refractivity (Wildman–Crippen MR) is 159 cm³/mol. The zero-order valence-electron chi connectivity index (χ0n) is 23.4. The highest BCUT2D eigenvalue weighted by molar-refractivity contribution is 5.99. The van der Waals surface area contributed by atoms with Crippen LogP contribution in [0.3, 0.4) is 0 Å². The summed E-state index contributed by atoms with van der Waals surface area (Å²) in [5.41, 5.74) is 3.99. The van der Waals surface area contributed by atoms with E-state index in [1.165, 1.54) is 0 Å². The standard InChI is InChI=1S/C32H40N4O4/c1-3-34-26-18-25(19-27(20-26)36-15-8-7-14-31(36)38)32(39)35-29(17-23-10-5-4-6-11-23)30(37)22-33-21-24-12-9-13-28(16-24)40-2/h4-6,9-13,16,18-20,29-30,33-34,37H,3,7-8,14-15,17,21-22H2,1-2H3,(H,35,39)/t29-,30+/m0/s1. The van der Waals surface area contributed by atoms with Crippen LogP contribution >= 0.6 is 0 Å². The second-order valence-corrected chi connectivity index (χ2v) is 10.1. The molecule has 2 amide bonds. The number of benzene rings is 3. The number of piperidine rings is 1. The first-order valence-electron chi connectivity index (χ1n) is 14.0. The molecule has 0 saturated carbocycles. The van der Waals surface area contributed by atoms with Crippen molar-refractivity contribution < 1.29 is 19.4 Å². The molecule has 4 N–H and O–H groups in total. The molecule has 2 atom stereocenters. The van der Waals surface area contributed by atoms with Gasteiger partial charge in [0, 0.05) is 49.5 Å². The monoisotopic (exact) mass is 544 g/mol. The van der Waals surface area contributed by atoms with Crippen LogP contribution in [-0.2, 0) is 17.8 Å². The second-order valence-electron chi connectivity index (χ2n) is 10.1. The third-order valence-corrected chi connectivity index (χ3v) is 7.09. The van der Waals surface area contributed by atoms with Crippen LogP contribution in [0.4, 0.5) is 11.4 Å². The molecule has 0 aromatic heterocycles. The molecule has 0 bridgehead atoms. The van der Waals surface area contributed by atoms with Crippen molar-refractivity contribution >= 4 is 23.2 Å². The van der Waals surface area contributed by atoms with Gasteiger partial charge >= 0.3 is 0 Å². The summed E-state index contributed by atoms with van der Waals surface area (Å²) in [6, 6.07) is 22.5. The lowest BCUT2D eigenvalue weighted by Gasteiger charge is -2.28. The number of carbonyl (C=O) groups is 2. The van der Waals surface area contributed by atoms with E-state index in [1.54, 1.807) is 24.1 Å². The predicted octanol–water partition coefficient (Wildman–Crippen LogP) is 4.14. The van der Waals surface area contributed by atoms with Gasteiger partial charge in [-0.25, -0.2) is 0 Å². The highest BCUT2D eigenvalue weighted by Crippen LogP contribution is 2.26. The lowest BCUT2D eigenvalue weighted by molar-refractivity contribution is -0.119. The number of hydrogen-bond donors (Lipinski definition) is 4. The fourth-order valence-corrected chi connectivity index (χ4v) is 4.98. The van der Waals surface area contributed by atoms with E-state index in [1.807, 2.05) is 67.6 Å². The minimum Gasteiger partial charge on any atom is -0.497 e. The smallest absolute Gasteiger partial charge is 0.251 e. The minimum absolute atomic E-state index is 0.0748. The molecule has 3 aromatic rings. The van der Waals surface area contributed by atoms with Crippen LogP contribution in [-0.4, -0.2) is 55.8 Å². The van der Waals surface area contributed by atoms with Crippen molar-refractivity contribution in [3.8, 4) is 5.75 Å². The number of nitrogens with one attached hydrogen (secondary N) is 3. The number of hydrogen-bond acceptors (Lipinski definition) is 6. The summed E-state index contributed by atoms with van der Waals surface area (Å²) in [5.74, 6) is 0.559. The van der Waals surface area contributed by atoms with Crippen LogP contribution in [0.25, 0.3) is 0 Å². The molecule has 0 radical (unpaired) electrons. The molecule has 8 nitrogen and oxygen atoms in total. The van der Waals surface area contributed by atoms with Gasteiger partial charge < -0.3 is 30.7 Å². The van der Waals surface area contributed by atoms with E-state index in [9.17, 15) is 14.7 Å². The zero-order chi connectivity index (χ0) is 28.3. The maximum Gasteiger partial charge on any atom is 0.251 e. The lowest BCUT2D eigenvalue weighted by atomic mass is 10.00. The molecule has 8 heteroatoms. The van der Waals surface area contributed by atoms with Crippen molar-refractivity contribution in [2.24, 2.45) is 0 Å². The van der Waals surface area contributed by atoms with Crippen molar-refractivity contribution in [3.05, 3.63) is 89.5 Å². The number of nitrogens with zero attached hydrogens (tertiary/aromatic N) is 1. The van der Waals surface area contributed by atoms with Crippen LogP contribution in [0.5, 0.6) is 5.75 Å². The number of aliphatic hydroxyl groups excluding tert-OH is 1. The Morgan fingerprint density at radius 1 is 1.02 bits per heavy atom. The topological polar surface area (TPSA) is 103 Å². The maximum absolute atomic E-state index is 13.6. The van der Waals surface area contributed by atoms with Crippen LogP contribution in [0.15, 0.2) is 72.8 Å². The molecule has 212 valence electrons. The van der Waals surface area contributed by atoms with Crippen LogP contribution in [0.2, 0.25) is 0 Å². The third kappa shape index (κ3) is 8.07. The Morgan fingerprint density at radius 2 is 1.82 bits per heavy atom. The van der Waals surface area contributed by atoms with Crippen LogP contribution < -0.4 is 25.6 Å². The van der Waals surface area contributed by atoms with Gasteiger partial charge in [-0.05, 0) is 67.6 Å². The van der Waals surface area contributed by atoms with Crippen molar-refractivity contribution in [3.63, 3.8) is 0 Å². The molecule has 0 unspecified atom stereocenters. The molecule has 1 aliphatic rings. The van der Waals surface area contributed by atoms with E-state index in [0.717, 1.165) is 35.4 Å². The van der Waals surface area contributed by atoms with Gasteiger partial charge in [-0.1, -0.05) is 42.5 Å². The fourth-order valence-electron chi connectivity index (χ4n) is 4.98. The first-order valence-corrected chi connectivity index (χ1v) is 14.0. The molecular formula is C32H40N4O4. The summed E-state index contributed by atoms with van der Waals surface area (Å²) < 4.78 is 5.30. The van der Waals surface area contributed by atoms with E-state index < -0.39 is 12.1 Å². The SMILES string of the molecule is CCNc1cc(C(=O)N[C@@H](Cc2ccccc2)[C@H](O)CNCc2cccc(OC)c2)cc(N2CCCCC2=O)c1. The molecule has 1 aliphatic heterocycles. The molecule has 40 heavy (non-hydrogen) atoms. The fraction of sp³-hybridized carbons (Fsp3) is 0.375. The maximum atomic E-state index is 13.6. The van der Waals surface area contributed by atoms with Gasteiger partial charge in [-0.15, -0.1) is 0 Å². The van der Waals surface area contributed by atoms with E-state index in [0.29, 0.717) is 50.3 Å². The number of rotatable bonds is 13. The van der Waals surface area contributed by atoms with Crippen molar-refractivity contribution in [2.45, 2.75) is 51.3 Å². The molecule has 3 aromatic carbocycles. The quantitative estimate of drug-likeness (QED) is 0.258. The Labute approximate surface area is 236 Å². The van der Waals surface area contributed by atoms with Crippen molar-refractivity contribution in [1.29, 1.82) is 0 Å². The van der Waals surface area contributed by atoms with Crippen LogP contribution in [0, 0.1) is 0 Å². The van der Waals surface area contributed by atoms with Gasteiger partial charge in [-0.2, -0.15) is 0 Å². The largest absolute Gasteiger partial charge is 0.497 e. The molecule has 1 heterocycles. The Morgan fingerprint density at radius 3 is 2.58 bits per heavy atom. The zero-order valence-corrected chi connectivity index (χ0v) is 23.4. The minimum atomic E-state index is -0.838. The van der Waals surface area contributed by atoms with E-state index in [4.69, 9.17) is 4.74 Å². The number of methoxy groups -OCH3 is 1. The summed E-state index contributed by atoms with van der Waals surface area (Å²) in [7, 11) is 1.63. The van der Waals surface area contributed by atoms with Crippen LogP contribution in [0.1, 0.15) is 47.7 Å². The average Bonchev–Trinajstić information content (AvgIpc) is 2.97. The lowest BCUT2D eigenvalue weighted by Crippen LogP contribution is -2.48. The summed E-state index contributed by atoms with van der Waals surface area (Å²) in [5, 5.41) is 20.9. The highest BCUT2D eigenvalue weighted by Gasteiger charge is 2.25. The van der Waals surface area contributed by atoms with Gasteiger partial charge in [-0.3, -0.25) is 9.59 Å². The van der Waals surface area contributed by atoms with E-state index >= 15 is 0 Å². The van der Waals surface area contributed by atoms with Gasteiger partial charge in [0.15, 0.2) is 0 Å². The first kappa shape index (κ1) is 29.1. The van der Waals surface area contributed by atoms with Gasteiger partial charge in [0.1, 0.15) is 5.75 Å². The Kier molecular flexibility index (Phi) is 10.5. The molecular weight excluding hydrogens is 504 g/mol. The normalized spacial score (nSPS) is 14.9. The van der Waals surface area contributed by atoms with E-state index in [2.05, 4.69) is 16.0 Å². The van der Waals surface area contributed by atoms with Gasteiger partial charge in [0.05, 0.1) is 19.3 Å². The number of amides is 2. The molecule has 1 saturated heterocycles. The second kappa shape index (κ2) is 14.5. The Balaban J connectivity index is 1.50. The third-order valence-electron chi connectivity index (χ3n) is 7.09. The summed E-state index contributed by atoms with van der Waals surface area (Å²) in [6.07, 6.45) is 1.97. The number of carbonyl (C=O) groups excluding carboxylic acids is 2. The summed E-state index contributed by atoms with van der Waals surface area (Å²) in [6.45, 7) is 4.16. The number of anilines is 2. The van der Waals surface area contributed by atoms with Gasteiger partial charge in [0.2, 0.25) is 5.91 Å². The molecule has 4 rings (SSSR count). The number of aliphatic hydroxyl groups is 1. The Bertz CT molecular complexity index is 1270. The molecule has 1 fully saturated rings. The summed E-state index contributed by atoms with van der Waals surface area (Å²) >= 11 is 0. The van der Waals surface area contributed by atoms with Crippen molar-refractivity contribution in [1.82, 2.24) is 10.6 Å². The number of ether oxygens (including phenoxy) is 1. The van der Waals surface area contributed by atoms with E-state index in [-0.39, 0.29) is 11.8 Å². The average molecular weight is 545 g/mol. The molecule has 0 spiro atoms. The summed E-state index contributed by atoms with van der Waals surface area (Å²) in [4.78, 5) is 28.0. The van der Waals surface area contributed by atoms with Gasteiger partial charge in [0.25, 0.3) is 5.91 Å². The Hall–Kier alpha value is -3.88. The highest BCUT2D eigenvalue weighted by atomic mass is 16.5. The first-order chi connectivity index (χ1) is 19.5. The molecule has 0 aliphatic carbocycles. The van der Waals surface area contributed by atoms with Crippen molar-refractivity contribution in [2.75, 3.05) is 37.0 Å².